The number of rotatable bonds is 17. The Morgan fingerprint density at radius 3 is 1.89 bits per heavy atom. The largest absolute Gasteiger partial charge is 0.493 e. The van der Waals surface area contributed by atoms with Crippen LogP contribution in [0.4, 0.5) is 0 Å². The molecule has 3 rings (SSSR count). The molecule has 0 aliphatic carbocycles. The van der Waals surface area contributed by atoms with Gasteiger partial charge in [0.1, 0.15) is 0 Å². The van der Waals surface area contributed by atoms with E-state index in [0.717, 1.165) is 61.8 Å². The third-order valence-corrected chi connectivity index (χ3v) is 7.59. The predicted octanol–water partition coefficient (Wildman–Crippen LogP) is 6.37. The first kappa shape index (κ1) is 29.1. The summed E-state index contributed by atoms with van der Waals surface area (Å²) in [6.45, 7) is 2.47. The van der Waals surface area contributed by atoms with Crippen LogP contribution in [0.3, 0.4) is 0 Å². The normalized spacial score (nSPS) is 15.3. The van der Waals surface area contributed by atoms with E-state index in [4.69, 9.17) is 24.1 Å². The number of hydrogen-bond donors (Lipinski definition) is 1. The van der Waals surface area contributed by atoms with E-state index in [1.807, 2.05) is 6.07 Å². The van der Waals surface area contributed by atoms with Crippen LogP contribution in [0.2, 0.25) is 0 Å². The van der Waals surface area contributed by atoms with Gasteiger partial charge in [0.25, 0.3) is 0 Å². The maximum atomic E-state index is 8.90. The van der Waals surface area contributed by atoms with Gasteiger partial charge in [0.2, 0.25) is 0 Å². The Kier molecular flexibility index (Phi) is 12.4. The standard InChI is InChI=1S/C31H47NO5/c1-34-28-15-14-24(21-29(28)35-2)20-27-26-23-31(37-4)30(36-3)22-25(26)16-18-32(27)17-12-10-8-6-5-7-9-11-13-19-33/h14-15,21-23,27,33H,5-13,16-20H2,1-4H3. The lowest BCUT2D eigenvalue weighted by atomic mass is 9.87. The maximum absolute atomic E-state index is 8.90. The van der Waals surface area contributed by atoms with Crippen molar-refractivity contribution in [1.82, 2.24) is 4.90 Å². The summed E-state index contributed by atoms with van der Waals surface area (Å²) in [7, 11) is 6.78. The number of methoxy groups -OCH3 is 4. The number of aliphatic hydroxyl groups is 1. The minimum atomic E-state index is 0.271. The molecule has 1 heterocycles. The van der Waals surface area contributed by atoms with E-state index in [1.54, 1.807) is 28.4 Å². The summed E-state index contributed by atoms with van der Waals surface area (Å²) in [5.41, 5.74) is 3.92. The highest BCUT2D eigenvalue weighted by Crippen LogP contribution is 2.40. The Balaban J connectivity index is 1.67. The molecule has 1 aliphatic heterocycles. The average Bonchev–Trinajstić information content (AvgIpc) is 2.93. The van der Waals surface area contributed by atoms with Crippen LogP contribution in [0, 0.1) is 0 Å². The van der Waals surface area contributed by atoms with Gasteiger partial charge >= 0.3 is 0 Å². The third-order valence-electron chi connectivity index (χ3n) is 7.59. The number of hydrogen-bond acceptors (Lipinski definition) is 6. The highest BCUT2D eigenvalue weighted by Gasteiger charge is 2.29. The predicted molar refractivity (Wildman–Crippen MR) is 149 cm³/mol. The monoisotopic (exact) mass is 513 g/mol. The minimum Gasteiger partial charge on any atom is -0.493 e. The van der Waals surface area contributed by atoms with E-state index in [0.29, 0.717) is 6.61 Å². The van der Waals surface area contributed by atoms with Crippen LogP contribution >= 0.6 is 0 Å². The van der Waals surface area contributed by atoms with Crippen molar-refractivity contribution in [2.75, 3.05) is 48.1 Å². The summed E-state index contributed by atoms with van der Waals surface area (Å²) in [5.74, 6) is 3.12. The molecule has 0 saturated carbocycles. The zero-order valence-electron chi connectivity index (χ0n) is 23.4. The molecule has 0 spiro atoms. The molecule has 0 radical (unpaired) electrons. The fourth-order valence-corrected chi connectivity index (χ4v) is 5.48. The Hall–Kier alpha value is -2.44. The molecule has 37 heavy (non-hydrogen) atoms. The third kappa shape index (κ3) is 8.27. The zero-order valence-corrected chi connectivity index (χ0v) is 23.4. The molecule has 1 unspecified atom stereocenters. The van der Waals surface area contributed by atoms with Gasteiger partial charge in [-0.2, -0.15) is 0 Å². The molecule has 0 saturated heterocycles. The van der Waals surface area contributed by atoms with Crippen molar-refractivity contribution in [2.45, 2.75) is 76.7 Å². The molecule has 1 aliphatic rings. The Morgan fingerprint density at radius 1 is 0.703 bits per heavy atom. The first-order valence-electron chi connectivity index (χ1n) is 14.0. The van der Waals surface area contributed by atoms with Crippen molar-refractivity contribution < 1.29 is 24.1 Å². The van der Waals surface area contributed by atoms with E-state index in [1.165, 1.54) is 61.6 Å². The zero-order chi connectivity index (χ0) is 26.5. The van der Waals surface area contributed by atoms with E-state index >= 15 is 0 Å². The summed E-state index contributed by atoms with van der Waals surface area (Å²) in [6.07, 6.45) is 13.0. The van der Waals surface area contributed by atoms with Gasteiger partial charge in [0.05, 0.1) is 28.4 Å². The van der Waals surface area contributed by atoms with Crippen molar-refractivity contribution in [2.24, 2.45) is 0 Å². The van der Waals surface area contributed by atoms with Gasteiger partial charge in [-0.15, -0.1) is 0 Å². The van der Waals surface area contributed by atoms with Gasteiger partial charge < -0.3 is 24.1 Å². The molecule has 1 atom stereocenters. The quantitative estimate of drug-likeness (QED) is 0.248. The van der Waals surface area contributed by atoms with Crippen LogP contribution in [0.15, 0.2) is 30.3 Å². The lowest BCUT2D eigenvalue weighted by Crippen LogP contribution is -2.37. The fourth-order valence-electron chi connectivity index (χ4n) is 5.48. The van der Waals surface area contributed by atoms with Crippen LogP contribution in [-0.2, 0) is 12.8 Å². The summed E-state index contributed by atoms with van der Waals surface area (Å²) in [5, 5.41) is 8.90. The molecule has 206 valence electrons. The van der Waals surface area contributed by atoms with Gasteiger partial charge in [-0.05, 0) is 73.2 Å². The number of benzene rings is 2. The van der Waals surface area contributed by atoms with Crippen molar-refractivity contribution in [1.29, 1.82) is 0 Å². The summed E-state index contributed by atoms with van der Waals surface area (Å²) in [6, 6.07) is 10.9. The molecule has 0 bridgehead atoms. The summed E-state index contributed by atoms with van der Waals surface area (Å²) >= 11 is 0. The van der Waals surface area contributed by atoms with Gasteiger partial charge in [0, 0.05) is 19.2 Å². The molecule has 0 fully saturated rings. The van der Waals surface area contributed by atoms with Gasteiger partial charge in [0.15, 0.2) is 23.0 Å². The van der Waals surface area contributed by atoms with Gasteiger partial charge in [-0.25, -0.2) is 0 Å². The highest BCUT2D eigenvalue weighted by molar-refractivity contribution is 5.50. The number of fused-ring (bicyclic) bond motifs is 1. The Morgan fingerprint density at radius 2 is 1.27 bits per heavy atom. The molecule has 6 nitrogen and oxygen atoms in total. The second-order valence-electron chi connectivity index (χ2n) is 10.0. The van der Waals surface area contributed by atoms with Crippen molar-refractivity contribution in [3.8, 4) is 23.0 Å². The maximum Gasteiger partial charge on any atom is 0.161 e. The molecule has 0 amide bonds. The first-order valence-corrected chi connectivity index (χ1v) is 14.0. The highest BCUT2D eigenvalue weighted by atomic mass is 16.5. The van der Waals surface area contributed by atoms with Crippen LogP contribution < -0.4 is 18.9 Å². The topological polar surface area (TPSA) is 60.4 Å². The molecular formula is C31H47NO5. The fraction of sp³-hybridized carbons (Fsp3) is 0.613. The summed E-state index contributed by atoms with van der Waals surface area (Å²) < 4.78 is 22.3. The second kappa shape index (κ2) is 15.7. The Bertz CT molecular complexity index is 947. The summed E-state index contributed by atoms with van der Waals surface area (Å²) in [4.78, 5) is 2.65. The van der Waals surface area contributed by atoms with Crippen molar-refractivity contribution >= 4 is 0 Å². The van der Waals surface area contributed by atoms with Crippen LogP contribution in [-0.4, -0.2) is 58.1 Å². The number of unbranched alkanes of at least 4 members (excludes halogenated alkanes) is 8. The lowest BCUT2D eigenvalue weighted by Gasteiger charge is -2.38. The van der Waals surface area contributed by atoms with Crippen LogP contribution in [0.25, 0.3) is 0 Å². The van der Waals surface area contributed by atoms with Gasteiger partial charge in [-0.3, -0.25) is 4.90 Å². The molecule has 0 aromatic heterocycles. The molecule has 2 aromatic carbocycles. The number of ether oxygens (including phenoxy) is 4. The van der Waals surface area contributed by atoms with E-state index in [-0.39, 0.29) is 6.04 Å². The van der Waals surface area contributed by atoms with E-state index < -0.39 is 0 Å². The molecular weight excluding hydrogens is 466 g/mol. The average molecular weight is 514 g/mol. The van der Waals surface area contributed by atoms with E-state index in [9.17, 15) is 0 Å². The number of aliphatic hydroxyl groups excluding tert-OH is 1. The van der Waals surface area contributed by atoms with Crippen LogP contribution in [0.5, 0.6) is 23.0 Å². The van der Waals surface area contributed by atoms with Crippen LogP contribution in [0.1, 0.15) is 80.5 Å². The van der Waals surface area contributed by atoms with Crippen molar-refractivity contribution in [3.05, 3.63) is 47.0 Å². The molecule has 2 aromatic rings. The molecule has 6 heteroatoms. The van der Waals surface area contributed by atoms with Gasteiger partial charge in [-0.1, -0.05) is 51.0 Å². The first-order chi connectivity index (χ1) is 18.1. The molecule has 1 N–H and O–H groups in total. The Labute approximate surface area is 223 Å². The lowest BCUT2D eigenvalue weighted by molar-refractivity contribution is 0.178. The smallest absolute Gasteiger partial charge is 0.161 e. The van der Waals surface area contributed by atoms with Crippen molar-refractivity contribution in [3.63, 3.8) is 0 Å². The SMILES string of the molecule is COc1ccc(CC2c3cc(OC)c(OC)cc3CCN2CCCCCCCCCCCO)cc1OC. The second-order valence-corrected chi connectivity index (χ2v) is 10.0. The minimum absolute atomic E-state index is 0.271. The van der Waals surface area contributed by atoms with E-state index in [2.05, 4.69) is 29.2 Å². The number of nitrogens with zero attached hydrogens (tertiary/aromatic N) is 1.